The van der Waals surface area contributed by atoms with E-state index in [0.717, 1.165) is 19.4 Å². The fraction of sp³-hybridized carbons (Fsp3) is 0.938. The first-order chi connectivity index (χ1) is 8.41. The molecular weight excluding hydrogens is 238 g/mol. The van der Waals surface area contributed by atoms with Crippen molar-refractivity contribution in [2.45, 2.75) is 73.3 Å². The van der Waals surface area contributed by atoms with Crippen molar-refractivity contribution in [2.75, 3.05) is 13.6 Å². The summed E-state index contributed by atoms with van der Waals surface area (Å²) >= 11 is 0. The molecule has 0 bridgehead atoms. The zero-order valence-corrected chi connectivity index (χ0v) is 14.1. The molecule has 0 saturated carbocycles. The van der Waals surface area contributed by atoms with Crippen LogP contribution in [0.4, 0.5) is 0 Å². The molecule has 0 fully saturated rings. The predicted octanol–water partition coefficient (Wildman–Crippen LogP) is 3.77. The second-order valence-electron chi connectivity index (χ2n) is 7.90. The Hall–Kier alpha value is -0.570. The van der Waals surface area contributed by atoms with Gasteiger partial charge in [-0.25, -0.2) is 0 Å². The molecule has 0 aromatic rings. The first-order valence-corrected chi connectivity index (χ1v) is 7.28. The Bertz CT molecular complexity index is 286. The summed E-state index contributed by atoms with van der Waals surface area (Å²) < 4.78 is 5.86. The van der Waals surface area contributed by atoms with Gasteiger partial charge in [0.25, 0.3) is 0 Å². The standard InChI is InChI=1S/C16H33NO2/c1-14(2,3)12-16(7,15(4,5)6)19-13(18)10-9-11-17-8/h17H,9-12H2,1-8H3. The van der Waals surface area contributed by atoms with Crippen molar-refractivity contribution in [3.05, 3.63) is 0 Å². The molecule has 0 aromatic carbocycles. The third-order valence-electron chi connectivity index (χ3n) is 3.60. The van der Waals surface area contributed by atoms with Gasteiger partial charge in [0.15, 0.2) is 0 Å². The summed E-state index contributed by atoms with van der Waals surface area (Å²) in [5, 5.41) is 3.05. The van der Waals surface area contributed by atoms with Crippen LogP contribution >= 0.6 is 0 Å². The number of carbonyl (C=O) groups is 1. The molecule has 114 valence electrons. The van der Waals surface area contributed by atoms with Gasteiger partial charge in [0.2, 0.25) is 0 Å². The van der Waals surface area contributed by atoms with Crippen molar-refractivity contribution >= 4 is 5.97 Å². The lowest BCUT2D eigenvalue weighted by Gasteiger charge is -2.44. The molecule has 1 atom stereocenters. The van der Waals surface area contributed by atoms with E-state index in [-0.39, 0.29) is 16.8 Å². The third kappa shape index (κ3) is 6.95. The quantitative estimate of drug-likeness (QED) is 0.590. The Kier molecular flexibility index (Phi) is 6.53. The van der Waals surface area contributed by atoms with E-state index in [0.29, 0.717) is 6.42 Å². The Morgan fingerprint density at radius 2 is 1.58 bits per heavy atom. The van der Waals surface area contributed by atoms with E-state index in [1.807, 2.05) is 7.05 Å². The summed E-state index contributed by atoms with van der Waals surface area (Å²) in [6.45, 7) is 15.9. The smallest absolute Gasteiger partial charge is 0.306 e. The largest absolute Gasteiger partial charge is 0.459 e. The van der Waals surface area contributed by atoms with Crippen LogP contribution < -0.4 is 5.32 Å². The average Bonchev–Trinajstić information content (AvgIpc) is 2.12. The molecule has 19 heavy (non-hydrogen) atoms. The lowest BCUT2D eigenvalue weighted by atomic mass is 9.69. The molecule has 0 aliphatic rings. The van der Waals surface area contributed by atoms with Crippen LogP contribution in [0.5, 0.6) is 0 Å². The Balaban J connectivity index is 4.74. The van der Waals surface area contributed by atoms with Gasteiger partial charge >= 0.3 is 5.97 Å². The van der Waals surface area contributed by atoms with E-state index in [4.69, 9.17) is 4.74 Å². The van der Waals surface area contributed by atoms with Crippen LogP contribution in [0, 0.1) is 10.8 Å². The zero-order valence-electron chi connectivity index (χ0n) is 14.1. The minimum atomic E-state index is -0.429. The molecular formula is C16H33NO2. The summed E-state index contributed by atoms with van der Waals surface area (Å²) in [5.74, 6) is -0.0862. The molecule has 0 radical (unpaired) electrons. The first-order valence-electron chi connectivity index (χ1n) is 7.28. The number of nitrogens with one attached hydrogen (secondary N) is 1. The minimum Gasteiger partial charge on any atom is -0.459 e. The number of hydrogen-bond acceptors (Lipinski definition) is 3. The highest BCUT2D eigenvalue weighted by Gasteiger charge is 2.43. The first kappa shape index (κ1) is 18.4. The monoisotopic (exact) mass is 271 g/mol. The SMILES string of the molecule is CNCCCC(=O)OC(C)(CC(C)(C)C)C(C)(C)C. The lowest BCUT2D eigenvalue weighted by molar-refractivity contribution is -0.175. The summed E-state index contributed by atoms with van der Waals surface area (Å²) in [7, 11) is 1.89. The van der Waals surface area contributed by atoms with Crippen LogP contribution in [0.1, 0.15) is 67.7 Å². The van der Waals surface area contributed by atoms with Gasteiger partial charge in [-0.2, -0.15) is 0 Å². The molecule has 0 amide bonds. The highest BCUT2D eigenvalue weighted by atomic mass is 16.6. The maximum absolute atomic E-state index is 12.0. The molecule has 0 aromatic heterocycles. The fourth-order valence-corrected chi connectivity index (χ4v) is 2.18. The van der Waals surface area contributed by atoms with Crippen molar-refractivity contribution in [1.29, 1.82) is 0 Å². The molecule has 0 aliphatic heterocycles. The summed E-state index contributed by atoms with van der Waals surface area (Å²) in [6.07, 6.45) is 2.17. The van der Waals surface area contributed by atoms with E-state index in [9.17, 15) is 4.79 Å². The fourth-order valence-electron chi connectivity index (χ4n) is 2.18. The highest BCUT2D eigenvalue weighted by Crippen LogP contribution is 2.42. The van der Waals surface area contributed by atoms with E-state index >= 15 is 0 Å². The van der Waals surface area contributed by atoms with Crippen molar-refractivity contribution in [3.63, 3.8) is 0 Å². The molecule has 3 heteroatoms. The second-order valence-corrected chi connectivity index (χ2v) is 7.90. The van der Waals surface area contributed by atoms with Gasteiger partial charge in [0.05, 0.1) is 0 Å². The number of ether oxygens (including phenoxy) is 1. The third-order valence-corrected chi connectivity index (χ3v) is 3.60. The van der Waals surface area contributed by atoms with Gasteiger partial charge in [-0.3, -0.25) is 4.79 Å². The van der Waals surface area contributed by atoms with Crippen molar-refractivity contribution in [2.24, 2.45) is 10.8 Å². The van der Waals surface area contributed by atoms with Gasteiger partial charge in [-0.1, -0.05) is 41.5 Å². The van der Waals surface area contributed by atoms with Gasteiger partial charge in [-0.05, 0) is 38.8 Å². The molecule has 0 spiro atoms. The number of rotatable bonds is 6. The summed E-state index contributed by atoms with van der Waals surface area (Å²) in [5.41, 5.74) is -0.367. The Morgan fingerprint density at radius 3 is 1.95 bits per heavy atom. The maximum atomic E-state index is 12.0. The molecule has 1 unspecified atom stereocenters. The van der Waals surface area contributed by atoms with Crippen LogP contribution in [0.15, 0.2) is 0 Å². The molecule has 1 N–H and O–H groups in total. The zero-order chi connectivity index (χ0) is 15.3. The molecule has 0 aliphatic carbocycles. The van der Waals surface area contributed by atoms with E-state index in [1.54, 1.807) is 0 Å². The van der Waals surface area contributed by atoms with E-state index in [2.05, 4.69) is 53.8 Å². The normalized spacial score (nSPS) is 16.0. The van der Waals surface area contributed by atoms with Crippen LogP contribution in [0.3, 0.4) is 0 Å². The predicted molar refractivity (Wildman–Crippen MR) is 81.2 cm³/mol. The van der Waals surface area contributed by atoms with Gasteiger partial charge in [-0.15, -0.1) is 0 Å². The molecule has 3 nitrogen and oxygen atoms in total. The Labute approximate surface area is 119 Å². The number of carbonyl (C=O) groups excluding carboxylic acids is 1. The Morgan fingerprint density at radius 1 is 1.05 bits per heavy atom. The number of hydrogen-bond donors (Lipinski definition) is 1. The topological polar surface area (TPSA) is 38.3 Å². The van der Waals surface area contributed by atoms with Crippen molar-refractivity contribution in [1.82, 2.24) is 5.32 Å². The molecule has 0 saturated heterocycles. The van der Waals surface area contributed by atoms with Crippen LogP contribution in [0.25, 0.3) is 0 Å². The van der Waals surface area contributed by atoms with E-state index in [1.165, 1.54) is 0 Å². The van der Waals surface area contributed by atoms with Crippen LogP contribution in [-0.2, 0) is 9.53 Å². The van der Waals surface area contributed by atoms with Crippen molar-refractivity contribution < 1.29 is 9.53 Å². The highest BCUT2D eigenvalue weighted by molar-refractivity contribution is 5.70. The van der Waals surface area contributed by atoms with Gasteiger partial charge in [0, 0.05) is 11.8 Å². The van der Waals surface area contributed by atoms with Crippen LogP contribution in [-0.4, -0.2) is 25.2 Å². The summed E-state index contributed by atoms with van der Waals surface area (Å²) in [4.78, 5) is 12.0. The second kappa shape index (κ2) is 6.74. The minimum absolute atomic E-state index is 0.0705. The number of esters is 1. The van der Waals surface area contributed by atoms with Crippen LogP contribution in [0.2, 0.25) is 0 Å². The lowest BCUT2D eigenvalue weighted by Crippen LogP contribution is -2.46. The van der Waals surface area contributed by atoms with Gasteiger partial charge in [0.1, 0.15) is 5.60 Å². The maximum Gasteiger partial charge on any atom is 0.306 e. The van der Waals surface area contributed by atoms with Crippen molar-refractivity contribution in [3.8, 4) is 0 Å². The molecule has 0 heterocycles. The summed E-state index contributed by atoms with van der Waals surface area (Å²) in [6, 6.07) is 0. The van der Waals surface area contributed by atoms with E-state index < -0.39 is 5.60 Å². The van der Waals surface area contributed by atoms with Gasteiger partial charge < -0.3 is 10.1 Å². The average molecular weight is 271 g/mol. The molecule has 0 rings (SSSR count).